The van der Waals surface area contributed by atoms with E-state index in [-0.39, 0.29) is 11.6 Å². The molecule has 4 aromatic heterocycles. The number of carbonyl (C=O) groups excluding carboxylic acids is 1. The van der Waals surface area contributed by atoms with Crippen molar-refractivity contribution in [2.75, 3.05) is 24.5 Å². The predicted octanol–water partition coefficient (Wildman–Crippen LogP) is 1.04. The van der Waals surface area contributed by atoms with E-state index in [1.165, 1.54) is 0 Å². The summed E-state index contributed by atoms with van der Waals surface area (Å²) in [5, 5.41) is 19.0. The largest absolute Gasteiger partial charge is 0.355 e. The Balaban J connectivity index is 1.14. The van der Waals surface area contributed by atoms with Crippen molar-refractivity contribution >= 4 is 17.4 Å². The van der Waals surface area contributed by atoms with Crippen LogP contribution in [0.2, 0.25) is 0 Å². The van der Waals surface area contributed by atoms with E-state index in [2.05, 4.69) is 35.7 Å². The molecular weight excluding hydrogens is 360 g/mol. The normalized spacial score (nSPS) is 14.2. The number of pyridine rings is 1. The minimum absolute atomic E-state index is 0.249. The Kier molecular flexibility index (Phi) is 3.93. The van der Waals surface area contributed by atoms with Gasteiger partial charge in [0.2, 0.25) is 0 Å². The van der Waals surface area contributed by atoms with E-state index in [1.54, 1.807) is 35.4 Å². The van der Waals surface area contributed by atoms with Crippen LogP contribution in [-0.2, 0) is 0 Å². The van der Waals surface area contributed by atoms with Gasteiger partial charge in [-0.15, -0.1) is 15.3 Å². The molecule has 0 spiro atoms. The zero-order valence-corrected chi connectivity index (χ0v) is 14.8. The molecule has 140 valence electrons. The highest BCUT2D eigenvalue weighted by molar-refractivity contribution is 5.93. The zero-order chi connectivity index (χ0) is 18.9. The summed E-state index contributed by atoms with van der Waals surface area (Å²) in [7, 11) is 0. The van der Waals surface area contributed by atoms with Crippen molar-refractivity contribution in [2.24, 2.45) is 5.92 Å². The van der Waals surface area contributed by atoms with Crippen LogP contribution in [-0.4, -0.2) is 55.5 Å². The number of hydrogen-bond acceptors (Lipinski definition) is 8. The monoisotopic (exact) mass is 376 g/mol. The van der Waals surface area contributed by atoms with E-state index in [9.17, 15) is 4.79 Å². The molecule has 0 atom stereocenters. The van der Waals surface area contributed by atoms with Gasteiger partial charge in [0.1, 0.15) is 12.1 Å². The molecule has 5 heterocycles. The van der Waals surface area contributed by atoms with Gasteiger partial charge in [-0.05, 0) is 24.3 Å². The van der Waals surface area contributed by atoms with E-state index >= 15 is 0 Å². The molecule has 0 saturated carbocycles. The third-order valence-electron chi connectivity index (χ3n) is 4.67. The predicted molar refractivity (Wildman–Crippen MR) is 98.6 cm³/mol. The van der Waals surface area contributed by atoms with Gasteiger partial charge in [0.05, 0.1) is 0 Å². The molecule has 0 radical (unpaired) electrons. The molecule has 1 aliphatic rings. The first-order valence-electron chi connectivity index (χ1n) is 8.83. The van der Waals surface area contributed by atoms with E-state index < -0.39 is 0 Å². The Morgan fingerprint density at radius 2 is 2.21 bits per heavy atom. The first-order chi connectivity index (χ1) is 13.8. The first-order valence-corrected chi connectivity index (χ1v) is 8.83. The number of nitrogens with zero attached hydrogens (tertiary/aromatic N) is 7. The molecule has 4 aromatic rings. The first kappa shape index (κ1) is 16.4. The maximum Gasteiger partial charge on any atom is 0.273 e. The van der Waals surface area contributed by atoms with Gasteiger partial charge in [0, 0.05) is 49.6 Å². The Bertz CT molecular complexity index is 1120. The van der Waals surface area contributed by atoms with Crippen LogP contribution in [0.1, 0.15) is 10.5 Å². The number of aromatic nitrogens is 6. The van der Waals surface area contributed by atoms with Crippen LogP contribution in [0.4, 0.5) is 5.82 Å². The smallest absolute Gasteiger partial charge is 0.273 e. The van der Waals surface area contributed by atoms with Crippen molar-refractivity contribution < 1.29 is 9.32 Å². The molecule has 0 aliphatic carbocycles. The van der Waals surface area contributed by atoms with E-state index in [0.717, 1.165) is 24.5 Å². The van der Waals surface area contributed by atoms with Gasteiger partial charge in [-0.3, -0.25) is 9.78 Å². The van der Waals surface area contributed by atoms with Crippen LogP contribution < -0.4 is 10.2 Å². The lowest BCUT2D eigenvalue weighted by atomic mass is 10.0. The van der Waals surface area contributed by atoms with Gasteiger partial charge in [0.15, 0.2) is 17.1 Å². The lowest BCUT2D eigenvalue weighted by Crippen LogP contribution is -2.52. The summed E-state index contributed by atoms with van der Waals surface area (Å²) in [6.45, 7) is 2.21. The average molecular weight is 376 g/mol. The molecule has 1 aliphatic heterocycles. The molecule has 1 N–H and O–H groups in total. The Morgan fingerprint density at radius 1 is 1.29 bits per heavy atom. The zero-order valence-electron chi connectivity index (χ0n) is 14.8. The van der Waals surface area contributed by atoms with Crippen LogP contribution in [0.25, 0.3) is 17.0 Å². The molecule has 5 rings (SSSR count). The Hall–Kier alpha value is -3.82. The molecule has 10 heteroatoms. The number of nitrogens with one attached hydrogen (secondary N) is 1. The number of carbonyl (C=O) groups is 1. The standard InChI is InChI=1S/C18H16N8O2/c27-18(14-6-15(28-24-14)13-2-1-5-19-8-13)20-7-12-9-25(10-12)17-4-3-16-22-21-11-26(16)23-17/h1-6,8,11-12H,7,9-10H2,(H,20,27). The van der Waals surface area contributed by atoms with Crippen molar-refractivity contribution in [1.29, 1.82) is 0 Å². The fraction of sp³-hybridized carbons (Fsp3) is 0.222. The summed E-state index contributed by atoms with van der Waals surface area (Å²) in [5.41, 5.74) is 1.75. The highest BCUT2D eigenvalue weighted by atomic mass is 16.5. The quantitative estimate of drug-likeness (QED) is 0.549. The summed E-state index contributed by atoms with van der Waals surface area (Å²) in [5.74, 6) is 1.49. The van der Waals surface area contributed by atoms with Crippen LogP contribution in [0.5, 0.6) is 0 Å². The summed E-state index contributed by atoms with van der Waals surface area (Å²) < 4.78 is 6.89. The maximum absolute atomic E-state index is 12.3. The van der Waals surface area contributed by atoms with Crippen LogP contribution in [0.3, 0.4) is 0 Å². The van der Waals surface area contributed by atoms with E-state index in [4.69, 9.17) is 4.52 Å². The maximum atomic E-state index is 12.3. The third kappa shape index (κ3) is 3.04. The molecular formula is C18H16N8O2. The van der Waals surface area contributed by atoms with Crippen LogP contribution >= 0.6 is 0 Å². The second-order valence-corrected chi connectivity index (χ2v) is 6.62. The third-order valence-corrected chi connectivity index (χ3v) is 4.67. The summed E-state index contributed by atoms with van der Waals surface area (Å²) in [6.07, 6.45) is 4.92. The highest BCUT2D eigenvalue weighted by Gasteiger charge is 2.28. The van der Waals surface area contributed by atoms with E-state index in [0.29, 0.717) is 23.9 Å². The molecule has 10 nitrogen and oxygen atoms in total. The van der Waals surface area contributed by atoms with E-state index in [1.807, 2.05) is 18.2 Å². The van der Waals surface area contributed by atoms with Crippen molar-refractivity contribution in [3.8, 4) is 11.3 Å². The number of fused-ring (bicyclic) bond motifs is 1. The van der Waals surface area contributed by atoms with Crippen LogP contribution in [0.15, 0.2) is 53.6 Å². The molecule has 1 saturated heterocycles. The fourth-order valence-corrected chi connectivity index (χ4v) is 3.13. The minimum atomic E-state index is -0.249. The molecule has 0 aromatic carbocycles. The molecule has 1 amide bonds. The van der Waals surface area contributed by atoms with Crippen molar-refractivity contribution in [1.82, 2.24) is 35.3 Å². The Labute approximate surface area is 159 Å². The molecule has 28 heavy (non-hydrogen) atoms. The molecule has 1 fully saturated rings. The summed E-state index contributed by atoms with van der Waals surface area (Å²) in [6, 6.07) is 9.08. The molecule has 0 bridgehead atoms. The van der Waals surface area contributed by atoms with Gasteiger partial charge in [-0.25, -0.2) is 0 Å². The lowest BCUT2D eigenvalue weighted by Gasteiger charge is -2.40. The fourth-order valence-electron chi connectivity index (χ4n) is 3.13. The van der Waals surface area contributed by atoms with Crippen molar-refractivity contribution in [3.63, 3.8) is 0 Å². The summed E-state index contributed by atoms with van der Waals surface area (Å²) in [4.78, 5) is 18.5. The Morgan fingerprint density at radius 3 is 3.07 bits per heavy atom. The lowest BCUT2D eigenvalue weighted by molar-refractivity contribution is 0.0935. The average Bonchev–Trinajstić information content (AvgIpc) is 3.36. The van der Waals surface area contributed by atoms with Gasteiger partial charge in [-0.2, -0.15) is 4.52 Å². The second-order valence-electron chi connectivity index (χ2n) is 6.62. The second kappa shape index (κ2) is 6.72. The van der Waals surface area contributed by atoms with Gasteiger partial charge in [0.25, 0.3) is 5.91 Å². The number of amides is 1. The SMILES string of the molecule is O=C(NCC1CN(c2ccc3nncn3n2)C1)c1cc(-c2cccnc2)on1. The minimum Gasteiger partial charge on any atom is -0.355 e. The molecule has 0 unspecified atom stereocenters. The van der Waals surface area contributed by atoms with Crippen molar-refractivity contribution in [3.05, 3.63) is 54.7 Å². The number of rotatable bonds is 5. The van der Waals surface area contributed by atoms with Gasteiger partial charge < -0.3 is 14.7 Å². The van der Waals surface area contributed by atoms with Gasteiger partial charge >= 0.3 is 0 Å². The van der Waals surface area contributed by atoms with Crippen molar-refractivity contribution in [2.45, 2.75) is 0 Å². The highest BCUT2D eigenvalue weighted by Crippen LogP contribution is 2.22. The van der Waals surface area contributed by atoms with Crippen LogP contribution in [0, 0.1) is 5.92 Å². The topological polar surface area (TPSA) is 114 Å². The number of anilines is 1. The van der Waals surface area contributed by atoms with Gasteiger partial charge in [-0.1, -0.05) is 5.16 Å². The summed E-state index contributed by atoms with van der Waals surface area (Å²) >= 11 is 0. The number of hydrogen-bond donors (Lipinski definition) is 1.